The van der Waals surface area contributed by atoms with Gasteiger partial charge >= 0.3 is 0 Å². The predicted octanol–water partition coefficient (Wildman–Crippen LogP) is 15.7. The summed E-state index contributed by atoms with van der Waals surface area (Å²) in [7, 11) is 0. The average molecular weight is 847 g/mol. The lowest BCUT2D eigenvalue weighted by Gasteiger charge is -2.33. The molecule has 16 atom stereocenters. The summed E-state index contributed by atoms with van der Waals surface area (Å²) in [6, 6.07) is 0. The third kappa shape index (κ3) is 10.7. The molecule has 0 spiro atoms. The van der Waals surface area contributed by atoms with E-state index in [1.807, 2.05) is 20.8 Å². The predicted molar refractivity (Wildman–Crippen MR) is 261 cm³/mol. The van der Waals surface area contributed by atoms with E-state index in [2.05, 4.69) is 67.7 Å². The van der Waals surface area contributed by atoms with Crippen LogP contribution in [-0.4, -0.2) is 21.4 Å². The summed E-state index contributed by atoms with van der Waals surface area (Å²) in [6.07, 6.45) is 62.1. The van der Waals surface area contributed by atoms with Crippen LogP contribution in [0.1, 0.15) is 195 Å². The molecule has 0 aromatic carbocycles. The van der Waals surface area contributed by atoms with Gasteiger partial charge in [0.25, 0.3) is 0 Å². The first kappa shape index (κ1) is 45.8. The molecule has 0 amide bonds. The number of allylic oxidation sites excluding steroid dienone is 10. The van der Waals surface area contributed by atoms with Gasteiger partial charge in [-0.2, -0.15) is 0 Å². The number of fused-ring (bicyclic) bond motifs is 10. The molecule has 346 valence electrons. The molecule has 8 saturated carbocycles. The molecule has 0 saturated heterocycles. The molecule has 2 nitrogen and oxygen atoms in total. The molecule has 0 heterocycles. The Bertz CT molecular complexity index is 1570. The quantitative estimate of drug-likeness (QED) is 0.207. The summed E-state index contributed by atoms with van der Waals surface area (Å²) in [5.41, 5.74) is -0.894. The van der Waals surface area contributed by atoms with Gasteiger partial charge in [-0.1, -0.05) is 164 Å². The number of hydrogen-bond donors (Lipinski definition) is 2. The maximum Gasteiger partial charge on any atom is 0.0651 e. The van der Waals surface area contributed by atoms with E-state index in [-0.39, 0.29) is 0 Å². The summed E-state index contributed by atoms with van der Waals surface area (Å²) in [5.74, 6) is 16.5. The Morgan fingerprint density at radius 1 is 0.355 bits per heavy atom. The highest BCUT2D eigenvalue weighted by molar-refractivity contribution is 5.15. The second-order valence-electron chi connectivity index (χ2n) is 25.2. The van der Waals surface area contributed by atoms with E-state index >= 15 is 0 Å². The summed E-state index contributed by atoms with van der Waals surface area (Å²) in [5, 5.41) is 19.9. The first-order valence-corrected chi connectivity index (χ1v) is 27.9. The summed E-state index contributed by atoms with van der Waals surface area (Å²) in [4.78, 5) is 0. The van der Waals surface area contributed by atoms with Crippen molar-refractivity contribution in [3.63, 3.8) is 0 Å². The average Bonchev–Trinajstić information content (AvgIpc) is 4.14. The zero-order valence-electron chi connectivity index (χ0n) is 40.4. The minimum absolute atomic E-state index is 0.426. The molecule has 13 aliphatic rings. The van der Waals surface area contributed by atoms with Crippen molar-refractivity contribution < 1.29 is 10.2 Å². The minimum Gasteiger partial charge on any atom is -0.390 e. The van der Waals surface area contributed by atoms with Gasteiger partial charge in [0.1, 0.15) is 0 Å². The van der Waals surface area contributed by atoms with Gasteiger partial charge in [0.2, 0.25) is 0 Å². The van der Waals surface area contributed by atoms with Crippen LogP contribution in [-0.2, 0) is 0 Å². The van der Waals surface area contributed by atoms with Crippen molar-refractivity contribution in [2.45, 2.75) is 206 Å². The van der Waals surface area contributed by atoms with Gasteiger partial charge in [-0.05, 0) is 198 Å². The third-order valence-electron chi connectivity index (χ3n) is 20.7. The molecule has 2 N–H and O–H groups in total. The topological polar surface area (TPSA) is 40.5 Å². The zero-order chi connectivity index (χ0) is 42.8. The molecule has 0 aliphatic heterocycles. The molecule has 0 radical (unpaired) electrons. The molecule has 16 unspecified atom stereocenters. The summed E-state index contributed by atoms with van der Waals surface area (Å²) < 4.78 is 0. The normalized spacial score (nSPS) is 43.8. The first-order chi connectivity index (χ1) is 30.0. The Kier molecular flexibility index (Phi) is 14.9. The van der Waals surface area contributed by atoms with Gasteiger partial charge < -0.3 is 10.2 Å². The molecule has 2 heteroatoms. The van der Waals surface area contributed by atoms with Gasteiger partial charge in [0.15, 0.2) is 0 Å². The number of aliphatic hydroxyl groups is 2. The van der Waals surface area contributed by atoms with Gasteiger partial charge in [0.05, 0.1) is 11.2 Å². The van der Waals surface area contributed by atoms with Crippen LogP contribution >= 0.6 is 0 Å². The Morgan fingerprint density at radius 2 is 0.645 bits per heavy atom. The maximum atomic E-state index is 10.1. The zero-order valence-corrected chi connectivity index (χ0v) is 40.4. The van der Waals surface area contributed by atoms with Crippen molar-refractivity contribution >= 4 is 0 Å². The van der Waals surface area contributed by atoms with E-state index in [4.69, 9.17) is 0 Å². The fourth-order valence-corrected chi connectivity index (χ4v) is 17.1. The van der Waals surface area contributed by atoms with Gasteiger partial charge in [-0.3, -0.25) is 0 Å². The fraction of sp³-hybridized carbons (Fsp3) is 0.833. The van der Waals surface area contributed by atoms with Crippen molar-refractivity contribution in [3.05, 3.63) is 60.8 Å². The van der Waals surface area contributed by atoms with Crippen LogP contribution in [0.25, 0.3) is 0 Å². The van der Waals surface area contributed by atoms with Crippen molar-refractivity contribution in [2.24, 2.45) is 107 Å². The van der Waals surface area contributed by atoms with Crippen LogP contribution < -0.4 is 0 Å². The molecule has 8 fully saturated rings. The smallest absolute Gasteiger partial charge is 0.0651 e. The van der Waals surface area contributed by atoms with E-state index < -0.39 is 11.2 Å². The fourth-order valence-electron chi connectivity index (χ4n) is 17.1. The van der Waals surface area contributed by atoms with Crippen LogP contribution in [0.5, 0.6) is 0 Å². The largest absolute Gasteiger partial charge is 0.390 e. The second-order valence-corrected chi connectivity index (χ2v) is 25.2. The number of hydrogen-bond acceptors (Lipinski definition) is 2. The second kappa shape index (κ2) is 20.2. The Hall–Kier alpha value is -1.38. The lowest BCUT2D eigenvalue weighted by molar-refractivity contribution is -0.0151. The van der Waals surface area contributed by atoms with Crippen LogP contribution in [0, 0.1) is 107 Å². The molecule has 0 aromatic rings. The van der Waals surface area contributed by atoms with Crippen molar-refractivity contribution in [1.29, 1.82) is 0 Å². The van der Waals surface area contributed by atoms with Crippen LogP contribution in [0.3, 0.4) is 0 Å². The maximum absolute atomic E-state index is 10.1. The van der Waals surface area contributed by atoms with E-state index in [1.54, 1.807) is 38.5 Å². The van der Waals surface area contributed by atoms with Gasteiger partial charge in [0, 0.05) is 0 Å². The first-order valence-electron chi connectivity index (χ1n) is 27.9. The summed E-state index contributed by atoms with van der Waals surface area (Å²) >= 11 is 0. The molecule has 13 aliphatic carbocycles. The minimum atomic E-state index is -0.468. The summed E-state index contributed by atoms with van der Waals surface area (Å²) in [6.45, 7) is 7.94. The van der Waals surface area contributed by atoms with Crippen molar-refractivity contribution in [2.75, 3.05) is 0 Å². The lowest BCUT2D eigenvalue weighted by Crippen LogP contribution is -2.36. The lowest BCUT2D eigenvalue weighted by atomic mass is 9.74. The van der Waals surface area contributed by atoms with Crippen molar-refractivity contribution in [1.82, 2.24) is 0 Å². The monoisotopic (exact) mass is 847 g/mol. The van der Waals surface area contributed by atoms with E-state index in [1.165, 1.54) is 122 Å². The highest BCUT2D eigenvalue weighted by atomic mass is 16.3. The highest BCUT2D eigenvalue weighted by Gasteiger charge is 2.46. The molecule has 0 aromatic heterocycles. The molecule has 10 bridgehead atoms. The Morgan fingerprint density at radius 3 is 0.887 bits per heavy atom. The van der Waals surface area contributed by atoms with Crippen LogP contribution in [0.2, 0.25) is 0 Å². The Labute approximate surface area is 381 Å². The van der Waals surface area contributed by atoms with E-state index in [9.17, 15) is 10.2 Å². The molecule has 62 heavy (non-hydrogen) atoms. The highest BCUT2D eigenvalue weighted by Crippen LogP contribution is 2.53. The van der Waals surface area contributed by atoms with Crippen LogP contribution in [0.4, 0.5) is 0 Å². The standard InChI is InChI=1S/C14H22.C13H20.C12H18.C11H18O.C10H16O/c1-2-4-6-12(5-3-1)14-10-11-7-8-13(14)9-11;1-2-4-11(5-3-1)13-9-10-6-7-12(13)8-10;1-2-4-10(3-1)12-8-9-5-6-11(12)7-9;1-3-11(2,12)10-7-8-4-5-9(10)6-8;1-10(2,11)9-6-7-3-4-8(9)5-7/h7-8,11-14H,1-6,9-10H2;6-7,10-13H,1-5,8-9H2;5-6,9-12H,1-4,7-8H2;4-5,8-10,12H,3,6-7H2,1-2H3;3-4,7-9,11H,5-6H2,1-2H3. The molecule has 13 rings (SSSR count). The SMILES string of the molecule is C1=CC2CC1CC2C1CCCC1.C1=CC2CC1CC2C1CCCCC1.C1=CC2CC1CC2C1CCCCCC1.CC(C)(O)C1CC2C=CC1C2.CCC(C)(O)C1CC2C=CC1C2. The van der Waals surface area contributed by atoms with E-state index in [0.717, 1.165) is 89.3 Å². The van der Waals surface area contributed by atoms with Crippen LogP contribution in [0.15, 0.2) is 60.8 Å². The molecular weight excluding hydrogens is 753 g/mol. The third-order valence-corrected chi connectivity index (χ3v) is 20.7. The van der Waals surface area contributed by atoms with Gasteiger partial charge in [-0.25, -0.2) is 0 Å². The number of rotatable bonds is 6. The van der Waals surface area contributed by atoms with Crippen molar-refractivity contribution in [3.8, 4) is 0 Å². The molecular formula is C60H94O2. The van der Waals surface area contributed by atoms with Gasteiger partial charge in [-0.15, -0.1) is 0 Å². The van der Waals surface area contributed by atoms with E-state index in [0.29, 0.717) is 23.7 Å². The Balaban J connectivity index is 0.0000000990.